The molecule has 0 saturated carbocycles. The predicted molar refractivity (Wildman–Crippen MR) is 197 cm³/mol. The first kappa shape index (κ1) is 34.4. The maximum absolute atomic E-state index is 7.24. The van der Waals surface area contributed by atoms with E-state index in [0.717, 1.165) is 52.9 Å². The molecule has 2 heterocycles. The topological polar surface area (TPSA) is 100 Å². The second-order valence-electron chi connectivity index (χ2n) is 13.1. The number of ether oxygens (including phenoxy) is 1. The number of anilines is 2. The van der Waals surface area contributed by atoms with Gasteiger partial charge in [-0.25, -0.2) is 4.98 Å². The molecule has 0 aliphatic rings. The van der Waals surface area contributed by atoms with Crippen LogP contribution in [0.5, 0.6) is 5.75 Å². The van der Waals surface area contributed by atoms with Crippen LogP contribution in [0.15, 0.2) is 78.9 Å². The van der Waals surface area contributed by atoms with Crippen molar-refractivity contribution in [2.24, 2.45) is 0 Å². The predicted octanol–water partition coefficient (Wildman–Crippen LogP) is 7.06. The fraction of sp³-hybridized carbons (Fsp3) is 0.378. The summed E-state index contributed by atoms with van der Waals surface area (Å²) in [5, 5.41) is 11.1. The second kappa shape index (κ2) is 14.9. The van der Waals surface area contributed by atoms with Crippen LogP contribution < -0.4 is 26.2 Å². The van der Waals surface area contributed by atoms with Gasteiger partial charge in [0.15, 0.2) is 5.82 Å². The van der Waals surface area contributed by atoms with Gasteiger partial charge in [-0.05, 0) is 46.8 Å². The first-order valence-electron chi connectivity index (χ1n) is 16.3. The van der Waals surface area contributed by atoms with Crippen molar-refractivity contribution >= 4 is 53.1 Å². The molecule has 0 aliphatic heterocycles. The maximum Gasteiger partial charge on any atom is 0.261 e. The van der Waals surface area contributed by atoms with Gasteiger partial charge in [-0.3, -0.25) is 4.68 Å². The van der Waals surface area contributed by atoms with Crippen LogP contribution in [-0.2, 0) is 16.9 Å². The Morgan fingerprint density at radius 3 is 2.19 bits per heavy atom. The normalized spacial score (nSPS) is 12.7. The molecule has 0 bridgehead atoms. The van der Waals surface area contributed by atoms with Crippen molar-refractivity contribution in [3.8, 4) is 5.75 Å². The van der Waals surface area contributed by atoms with Gasteiger partial charge in [0, 0.05) is 24.1 Å². The number of alkyl halides is 1. The minimum Gasteiger partial charge on any atom is -0.496 e. The molecule has 0 saturated heterocycles. The van der Waals surface area contributed by atoms with Crippen molar-refractivity contribution in [3.63, 3.8) is 0 Å². The summed E-state index contributed by atoms with van der Waals surface area (Å²) in [6.07, 6.45) is 2.74. The zero-order valence-corrected chi connectivity index (χ0v) is 30.1. The van der Waals surface area contributed by atoms with Crippen LogP contribution in [0.1, 0.15) is 63.8 Å². The van der Waals surface area contributed by atoms with E-state index in [0.29, 0.717) is 24.8 Å². The third-order valence-electron chi connectivity index (χ3n) is 8.78. The zero-order chi connectivity index (χ0) is 33.6. The number of halogens is 1. The minimum absolute atomic E-state index is 0.0935. The van der Waals surface area contributed by atoms with Gasteiger partial charge in [0.05, 0.1) is 19.3 Å². The highest BCUT2D eigenvalue weighted by Crippen LogP contribution is 2.37. The molecule has 1 unspecified atom stereocenters. The Balaban J connectivity index is 1.46. The summed E-state index contributed by atoms with van der Waals surface area (Å²) in [6.45, 7) is 12.1. The molecular weight excluding hydrogens is 624 g/mol. The molecule has 248 valence electrons. The maximum atomic E-state index is 7.24. The summed E-state index contributed by atoms with van der Waals surface area (Å²) in [6, 6.07) is 27.7. The van der Waals surface area contributed by atoms with E-state index < -0.39 is 8.32 Å². The largest absolute Gasteiger partial charge is 0.496 e. The summed E-state index contributed by atoms with van der Waals surface area (Å²) in [7, 11) is -0.985. The highest BCUT2D eigenvalue weighted by atomic mass is 35.5. The summed E-state index contributed by atoms with van der Waals surface area (Å²) in [4.78, 5) is 9.30. The summed E-state index contributed by atoms with van der Waals surface area (Å²) >= 11 is 6.09. The molecule has 0 aliphatic carbocycles. The van der Waals surface area contributed by atoms with Gasteiger partial charge in [0.1, 0.15) is 16.8 Å². The number of nitrogens with two attached hydrogens (primary N) is 1. The molecule has 1 atom stereocenters. The number of hydrogen-bond acceptors (Lipinski definition) is 7. The van der Waals surface area contributed by atoms with Crippen LogP contribution in [0.4, 0.5) is 11.8 Å². The third-order valence-corrected chi connectivity index (χ3v) is 14.1. The lowest BCUT2D eigenvalue weighted by Gasteiger charge is -2.43. The Hall–Kier alpha value is -3.92. The van der Waals surface area contributed by atoms with Gasteiger partial charge in [-0.15, -0.1) is 11.6 Å². The van der Waals surface area contributed by atoms with E-state index in [1.165, 1.54) is 10.4 Å². The van der Waals surface area contributed by atoms with Gasteiger partial charge in [-0.2, -0.15) is 10.1 Å². The number of nitrogen functional groups attached to an aromatic ring is 1. The van der Waals surface area contributed by atoms with Crippen molar-refractivity contribution in [2.75, 3.05) is 24.8 Å². The number of aromatic nitrogens is 4. The van der Waals surface area contributed by atoms with Gasteiger partial charge in [0.25, 0.3) is 8.32 Å². The van der Waals surface area contributed by atoms with Crippen molar-refractivity contribution in [2.45, 2.75) is 77.4 Å². The Morgan fingerprint density at radius 1 is 0.957 bits per heavy atom. The van der Waals surface area contributed by atoms with Gasteiger partial charge >= 0.3 is 0 Å². The van der Waals surface area contributed by atoms with E-state index in [1.807, 2.05) is 29.8 Å². The lowest BCUT2D eigenvalue weighted by Crippen LogP contribution is -2.66. The lowest BCUT2D eigenvalue weighted by atomic mass is 10.1. The first-order valence-corrected chi connectivity index (χ1v) is 18.8. The average molecular weight is 671 g/mol. The number of hydrogen-bond donors (Lipinski definition) is 2. The van der Waals surface area contributed by atoms with Crippen molar-refractivity contribution in [3.05, 3.63) is 95.7 Å². The lowest BCUT2D eigenvalue weighted by molar-refractivity contribution is 0.281. The molecular formula is C37H47ClN6O2Si. The quantitative estimate of drug-likeness (QED) is 0.0964. The van der Waals surface area contributed by atoms with Crippen LogP contribution in [-0.4, -0.2) is 47.8 Å². The van der Waals surface area contributed by atoms with Crippen LogP contribution >= 0.6 is 11.6 Å². The molecule has 0 fully saturated rings. The van der Waals surface area contributed by atoms with Crippen molar-refractivity contribution < 1.29 is 9.16 Å². The van der Waals surface area contributed by atoms with Crippen molar-refractivity contribution in [1.29, 1.82) is 0 Å². The highest BCUT2D eigenvalue weighted by Gasteiger charge is 2.50. The smallest absolute Gasteiger partial charge is 0.261 e. The number of aryl methyl sites for hydroxylation is 1. The van der Waals surface area contributed by atoms with Gasteiger partial charge in [0.2, 0.25) is 5.95 Å². The van der Waals surface area contributed by atoms with E-state index in [9.17, 15) is 0 Å². The monoisotopic (exact) mass is 670 g/mol. The molecule has 3 N–H and O–H groups in total. The number of nitrogens with zero attached hydrogens (tertiary/aromatic N) is 4. The molecule has 0 amide bonds. The molecule has 2 aromatic heterocycles. The van der Waals surface area contributed by atoms with E-state index in [4.69, 9.17) is 36.6 Å². The third kappa shape index (κ3) is 7.32. The van der Waals surface area contributed by atoms with E-state index >= 15 is 0 Å². The number of benzene rings is 3. The molecule has 5 rings (SSSR count). The van der Waals surface area contributed by atoms with Crippen LogP contribution in [0, 0.1) is 6.92 Å². The van der Waals surface area contributed by atoms with E-state index in [2.05, 4.69) is 98.7 Å². The molecule has 8 nitrogen and oxygen atoms in total. The Morgan fingerprint density at radius 2 is 1.62 bits per heavy atom. The molecule has 5 aromatic rings. The summed E-state index contributed by atoms with van der Waals surface area (Å²) in [5.74, 6) is 2.07. The van der Waals surface area contributed by atoms with Gasteiger partial charge < -0.3 is 20.2 Å². The number of fused-ring (bicyclic) bond motifs is 1. The standard InChI is InChI=1S/C37H47ClN6O2Si/c1-7-14-29(21-22-46-47(37(3,4)5,30-15-10-8-11-16-30)31-17-12-9-13-18-31)40-35-34-33(41-36(39)42-35)26(2)43-44(34)25-28-20-19-27(24-38)23-32(28)45-6/h8-13,15-20,23,29H,7,14,21-22,24-25H2,1-6H3,(H3,39,40,41,42). The molecule has 0 radical (unpaired) electrons. The average Bonchev–Trinajstić information content (AvgIpc) is 3.37. The second-order valence-corrected chi connectivity index (χ2v) is 17.7. The van der Waals surface area contributed by atoms with Gasteiger partial charge in [-0.1, -0.05) is 107 Å². The Labute approximate surface area is 284 Å². The SMILES string of the molecule is CCCC(CCO[Si](c1ccccc1)(c1ccccc1)C(C)(C)C)Nc1nc(N)nc2c(C)nn(Cc3ccc(CCl)cc3OC)c12. The van der Waals surface area contributed by atoms with E-state index in [-0.39, 0.29) is 17.0 Å². The molecule has 0 spiro atoms. The fourth-order valence-corrected chi connectivity index (χ4v) is 11.3. The van der Waals surface area contributed by atoms with Crippen LogP contribution in [0.3, 0.4) is 0 Å². The molecule has 3 aromatic carbocycles. The zero-order valence-electron chi connectivity index (χ0n) is 28.4. The summed E-state index contributed by atoms with van der Waals surface area (Å²) < 4.78 is 14.9. The van der Waals surface area contributed by atoms with Crippen LogP contribution in [0.2, 0.25) is 5.04 Å². The number of rotatable bonds is 14. The van der Waals surface area contributed by atoms with Crippen molar-refractivity contribution in [1.82, 2.24) is 19.7 Å². The Kier molecular flexibility index (Phi) is 10.9. The fourth-order valence-electron chi connectivity index (χ4n) is 6.57. The summed E-state index contributed by atoms with van der Waals surface area (Å²) in [5.41, 5.74) is 10.6. The molecule has 47 heavy (non-hydrogen) atoms. The number of methoxy groups -OCH3 is 1. The molecule has 10 heteroatoms. The minimum atomic E-state index is -2.66. The number of nitrogens with one attached hydrogen (secondary N) is 1. The Bertz CT molecular complexity index is 1740. The first-order chi connectivity index (χ1) is 22.6. The highest BCUT2D eigenvalue weighted by molar-refractivity contribution is 6.99. The van der Waals surface area contributed by atoms with E-state index in [1.54, 1.807) is 7.11 Å². The van der Waals surface area contributed by atoms with Crippen LogP contribution in [0.25, 0.3) is 11.0 Å².